The van der Waals surface area contributed by atoms with Gasteiger partial charge in [-0.1, -0.05) is 48.5 Å². The third-order valence-corrected chi connectivity index (χ3v) is 4.23. The number of carboxylic acid groups (broad SMARTS) is 1. The molecule has 4 heteroatoms. The lowest BCUT2D eigenvalue weighted by Gasteiger charge is -2.07. The Morgan fingerprint density at radius 1 is 1.04 bits per heavy atom. The largest absolute Gasteiger partial charge is 0.478 e. The van der Waals surface area contributed by atoms with Crippen molar-refractivity contribution in [3.05, 3.63) is 71.3 Å². The van der Waals surface area contributed by atoms with Crippen molar-refractivity contribution >= 4 is 11.9 Å². The minimum Gasteiger partial charge on any atom is -0.478 e. The van der Waals surface area contributed by atoms with E-state index in [0.717, 1.165) is 6.42 Å². The van der Waals surface area contributed by atoms with E-state index >= 15 is 0 Å². The first-order valence-corrected chi connectivity index (χ1v) is 7.80. The van der Waals surface area contributed by atoms with Crippen molar-refractivity contribution in [1.29, 1.82) is 0 Å². The number of carbonyl (C=O) groups excluding carboxylic acids is 1. The summed E-state index contributed by atoms with van der Waals surface area (Å²) in [7, 11) is 0. The summed E-state index contributed by atoms with van der Waals surface area (Å²) < 4.78 is 0. The Labute approximate surface area is 135 Å². The Hall–Kier alpha value is -2.62. The molecule has 0 radical (unpaired) electrons. The van der Waals surface area contributed by atoms with Crippen molar-refractivity contribution < 1.29 is 14.7 Å². The van der Waals surface area contributed by atoms with Gasteiger partial charge in [-0.05, 0) is 30.0 Å². The predicted octanol–water partition coefficient (Wildman–Crippen LogP) is 2.99. The molecule has 0 aromatic heterocycles. The molecule has 0 saturated heterocycles. The molecule has 4 nitrogen and oxygen atoms in total. The highest BCUT2D eigenvalue weighted by Gasteiger charge is 2.39. The Bertz CT molecular complexity index is 712. The summed E-state index contributed by atoms with van der Waals surface area (Å²) in [5, 5.41) is 12.2. The van der Waals surface area contributed by atoms with Crippen LogP contribution in [0.2, 0.25) is 0 Å². The highest BCUT2D eigenvalue weighted by Crippen LogP contribution is 2.40. The molecule has 1 aliphatic rings. The summed E-state index contributed by atoms with van der Waals surface area (Å²) in [6.45, 7) is 0. The van der Waals surface area contributed by atoms with Crippen LogP contribution in [0, 0.1) is 0 Å². The molecule has 2 N–H and O–H groups in total. The Morgan fingerprint density at radius 2 is 1.74 bits per heavy atom. The van der Waals surface area contributed by atoms with Crippen LogP contribution in [0.1, 0.15) is 40.2 Å². The van der Waals surface area contributed by atoms with Gasteiger partial charge in [0.2, 0.25) is 5.91 Å². The van der Waals surface area contributed by atoms with Gasteiger partial charge >= 0.3 is 5.97 Å². The molecular weight excluding hydrogens is 290 g/mol. The molecule has 1 amide bonds. The molecule has 23 heavy (non-hydrogen) atoms. The van der Waals surface area contributed by atoms with Crippen LogP contribution in [0.5, 0.6) is 0 Å². The van der Waals surface area contributed by atoms with Crippen LogP contribution in [-0.4, -0.2) is 23.0 Å². The first-order chi connectivity index (χ1) is 11.1. The molecule has 0 heterocycles. The minimum atomic E-state index is -0.952. The number of hydrogen-bond donors (Lipinski definition) is 2. The first-order valence-electron chi connectivity index (χ1n) is 7.80. The van der Waals surface area contributed by atoms with Crippen LogP contribution < -0.4 is 5.32 Å². The predicted molar refractivity (Wildman–Crippen MR) is 87.5 cm³/mol. The van der Waals surface area contributed by atoms with Gasteiger partial charge in [0.15, 0.2) is 0 Å². The standard InChI is InChI=1S/C19H19NO3/c21-18(11-10-14-8-4-5-9-15(14)19(22)23)20-17-12-16(17)13-6-2-1-3-7-13/h1-9,16-17H,10-12H2,(H,20,21)(H,22,23). The van der Waals surface area contributed by atoms with Gasteiger partial charge in [-0.2, -0.15) is 0 Å². The van der Waals surface area contributed by atoms with E-state index in [9.17, 15) is 9.59 Å². The third kappa shape index (κ3) is 3.77. The first kappa shape index (κ1) is 15.3. The Morgan fingerprint density at radius 3 is 2.48 bits per heavy atom. The van der Waals surface area contributed by atoms with Crippen LogP contribution in [0.4, 0.5) is 0 Å². The van der Waals surface area contributed by atoms with Crippen molar-refractivity contribution in [3.63, 3.8) is 0 Å². The van der Waals surface area contributed by atoms with Gasteiger partial charge in [-0.25, -0.2) is 4.79 Å². The highest BCUT2D eigenvalue weighted by atomic mass is 16.4. The van der Waals surface area contributed by atoms with Crippen LogP contribution >= 0.6 is 0 Å². The SMILES string of the molecule is O=C(CCc1ccccc1C(=O)O)NC1CC1c1ccccc1. The van der Waals surface area contributed by atoms with Gasteiger partial charge in [0.25, 0.3) is 0 Å². The second-order valence-electron chi connectivity index (χ2n) is 5.89. The zero-order valence-electron chi connectivity index (χ0n) is 12.7. The second kappa shape index (κ2) is 6.65. The molecule has 2 unspecified atom stereocenters. The quantitative estimate of drug-likeness (QED) is 0.862. The smallest absolute Gasteiger partial charge is 0.335 e. The van der Waals surface area contributed by atoms with Gasteiger partial charge in [0.05, 0.1) is 5.56 Å². The average molecular weight is 309 g/mol. The van der Waals surface area contributed by atoms with E-state index in [1.165, 1.54) is 5.56 Å². The topological polar surface area (TPSA) is 66.4 Å². The van der Waals surface area contributed by atoms with E-state index in [1.807, 2.05) is 18.2 Å². The maximum absolute atomic E-state index is 12.1. The molecule has 1 fully saturated rings. The lowest BCUT2D eigenvalue weighted by atomic mass is 10.0. The fraction of sp³-hybridized carbons (Fsp3) is 0.263. The highest BCUT2D eigenvalue weighted by molar-refractivity contribution is 5.89. The van der Waals surface area contributed by atoms with Crippen LogP contribution in [-0.2, 0) is 11.2 Å². The normalized spacial score (nSPS) is 19.1. The van der Waals surface area contributed by atoms with Crippen LogP contribution in [0.3, 0.4) is 0 Å². The number of hydrogen-bond acceptors (Lipinski definition) is 2. The maximum atomic E-state index is 12.1. The molecule has 2 atom stereocenters. The molecule has 1 saturated carbocycles. The van der Waals surface area contributed by atoms with Gasteiger partial charge in [-0.3, -0.25) is 4.79 Å². The van der Waals surface area contributed by atoms with Gasteiger partial charge in [0.1, 0.15) is 0 Å². The molecule has 0 bridgehead atoms. The maximum Gasteiger partial charge on any atom is 0.335 e. The van der Waals surface area contributed by atoms with E-state index in [0.29, 0.717) is 24.3 Å². The molecule has 2 aromatic carbocycles. The van der Waals surface area contributed by atoms with Crippen molar-refractivity contribution in [2.75, 3.05) is 0 Å². The monoisotopic (exact) mass is 309 g/mol. The Kier molecular flexibility index (Phi) is 4.42. The lowest BCUT2D eigenvalue weighted by Crippen LogP contribution is -2.26. The Balaban J connectivity index is 1.51. The van der Waals surface area contributed by atoms with E-state index in [-0.39, 0.29) is 17.5 Å². The molecule has 1 aliphatic carbocycles. The summed E-state index contributed by atoms with van der Waals surface area (Å²) in [5.41, 5.74) is 2.23. The summed E-state index contributed by atoms with van der Waals surface area (Å²) in [4.78, 5) is 23.2. The van der Waals surface area contributed by atoms with Crippen molar-refractivity contribution in [3.8, 4) is 0 Å². The second-order valence-corrected chi connectivity index (χ2v) is 5.89. The third-order valence-electron chi connectivity index (χ3n) is 4.23. The number of amides is 1. The number of carbonyl (C=O) groups is 2. The van der Waals surface area contributed by atoms with Crippen molar-refractivity contribution in [2.45, 2.75) is 31.2 Å². The number of benzene rings is 2. The van der Waals surface area contributed by atoms with E-state index < -0.39 is 5.97 Å². The summed E-state index contributed by atoms with van der Waals surface area (Å²) in [6, 6.07) is 17.2. The molecule has 3 rings (SSSR count). The van der Waals surface area contributed by atoms with Gasteiger partial charge < -0.3 is 10.4 Å². The fourth-order valence-corrected chi connectivity index (χ4v) is 2.90. The number of carboxylic acids is 1. The van der Waals surface area contributed by atoms with Crippen molar-refractivity contribution in [2.24, 2.45) is 0 Å². The fourth-order valence-electron chi connectivity index (χ4n) is 2.90. The van der Waals surface area contributed by atoms with E-state index in [2.05, 4.69) is 17.4 Å². The summed E-state index contributed by atoms with van der Waals surface area (Å²) in [5.74, 6) is -0.563. The summed E-state index contributed by atoms with van der Waals surface area (Å²) >= 11 is 0. The minimum absolute atomic E-state index is 0.0198. The molecule has 0 aliphatic heterocycles. The number of aromatic carboxylic acids is 1. The zero-order valence-corrected chi connectivity index (χ0v) is 12.7. The zero-order chi connectivity index (χ0) is 16.2. The lowest BCUT2D eigenvalue weighted by molar-refractivity contribution is -0.121. The van der Waals surface area contributed by atoms with Gasteiger partial charge in [0, 0.05) is 18.4 Å². The average Bonchev–Trinajstić information content (AvgIpc) is 3.33. The molecular formula is C19H19NO3. The molecule has 2 aromatic rings. The number of aryl methyl sites for hydroxylation is 1. The van der Waals surface area contributed by atoms with E-state index in [1.54, 1.807) is 24.3 Å². The number of rotatable bonds is 6. The van der Waals surface area contributed by atoms with Gasteiger partial charge in [-0.15, -0.1) is 0 Å². The van der Waals surface area contributed by atoms with Crippen LogP contribution in [0.25, 0.3) is 0 Å². The van der Waals surface area contributed by atoms with Crippen molar-refractivity contribution in [1.82, 2.24) is 5.32 Å². The van der Waals surface area contributed by atoms with E-state index in [4.69, 9.17) is 5.11 Å². The summed E-state index contributed by atoms with van der Waals surface area (Å²) in [6.07, 6.45) is 1.72. The van der Waals surface area contributed by atoms with Crippen LogP contribution in [0.15, 0.2) is 54.6 Å². The molecule has 118 valence electrons. The molecule has 0 spiro atoms. The number of nitrogens with one attached hydrogen (secondary N) is 1.